The molecule has 0 aliphatic heterocycles. The number of rotatable bonds is 6. The lowest BCUT2D eigenvalue weighted by Crippen LogP contribution is -2.29. The molecule has 0 saturated carbocycles. The number of carbonyl (C=O) groups excluding carboxylic acids is 1. The summed E-state index contributed by atoms with van der Waals surface area (Å²) in [5.41, 5.74) is 2.53. The van der Waals surface area contributed by atoms with Crippen LogP contribution in [0.1, 0.15) is 24.9 Å². The van der Waals surface area contributed by atoms with Gasteiger partial charge in [-0.25, -0.2) is 4.98 Å². The number of benzene rings is 2. The van der Waals surface area contributed by atoms with Gasteiger partial charge in [-0.05, 0) is 12.5 Å². The minimum absolute atomic E-state index is 0.0874. The highest BCUT2D eigenvalue weighted by atomic mass is 16.5. The van der Waals surface area contributed by atoms with Gasteiger partial charge in [-0.3, -0.25) is 14.2 Å². The predicted molar refractivity (Wildman–Crippen MR) is 109 cm³/mol. The maximum atomic E-state index is 12.7. The van der Waals surface area contributed by atoms with Crippen molar-refractivity contribution in [3.8, 4) is 11.3 Å². The zero-order valence-corrected chi connectivity index (χ0v) is 15.9. The Morgan fingerprint density at radius 2 is 1.79 bits per heavy atom. The summed E-state index contributed by atoms with van der Waals surface area (Å²) in [6.45, 7) is 2.13. The molecule has 7 heteroatoms. The fourth-order valence-corrected chi connectivity index (χ4v) is 3.16. The lowest BCUT2D eigenvalue weighted by atomic mass is 10.1. The molecule has 7 nitrogen and oxygen atoms in total. The summed E-state index contributed by atoms with van der Waals surface area (Å²) in [6, 6.07) is 19.0. The van der Waals surface area contributed by atoms with Gasteiger partial charge in [0, 0.05) is 18.5 Å². The Bertz CT molecular complexity index is 1180. The first-order valence-corrected chi connectivity index (χ1v) is 9.38. The van der Waals surface area contributed by atoms with Gasteiger partial charge >= 0.3 is 0 Å². The van der Waals surface area contributed by atoms with Crippen molar-refractivity contribution in [3.05, 3.63) is 82.9 Å². The van der Waals surface area contributed by atoms with Crippen molar-refractivity contribution in [2.24, 2.45) is 0 Å². The lowest BCUT2D eigenvalue weighted by molar-refractivity contribution is -0.121. The molecule has 0 radical (unpaired) electrons. The van der Waals surface area contributed by atoms with E-state index in [1.165, 1.54) is 10.9 Å². The average molecular weight is 388 g/mol. The highest BCUT2D eigenvalue weighted by molar-refractivity contribution is 5.87. The van der Waals surface area contributed by atoms with Crippen molar-refractivity contribution < 1.29 is 9.32 Å². The number of nitrogens with one attached hydrogen (secondary N) is 1. The average Bonchev–Trinajstić information content (AvgIpc) is 3.19. The largest absolute Gasteiger partial charge is 0.350 e. The molecule has 4 aromatic rings. The van der Waals surface area contributed by atoms with Crippen LogP contribution in [0.25, 0.3) is 22.4 Å². The Labute approximate surface area is 167 Å². The Morgan fingerprint density at radius 3 is 2.52 bits per heavy atom. The van der Waals surface area contributed by atoms with Crippen LogP contribution >= 0.6 is 0 Å². The molecule has 0 aliphatic carbocycles. The van der Waals surface area contributed by atoms with E-state index in [0.717, 1.165) is 11.1 Å². The second kappa shape index (κ2) is 8.10. The maximum Gasteiger partial charge on any atom is 0.299 e. The van der Waals surface area contributed by atoms with E-state index >= 15 is 0 Å². The molecule has 146 valence electrons. The van der Waals surface area contributed by atoms with Crippen LogP contribution in [0.5, 0.6) is 0 Å². The highest BCUT2D eigenvalue weighted by Gasteiger charge is 2.17. The van der Waals surface area contributed by atoms with Gasteiger partial charge in [0.2, 0.25) is 5.91 Å². The van der Waals surface area contributed by atoms with Crippen LogP contribution < -0.4 is 10.9 Å². The lowest BCUT2D eigenvalue weighted by Gasteiger charge is -2.14. The van der Waals surface area contributed by atoms with Crippen molar-refractivity contribution in [1.29, 1.82) is 0 Å². The summed E-state index contributed by atoms with van der Waals surface area (Å²) < 4.78 is 6.63. The molecular weight excluding hydrogens is 368 g/mol. The molecule has 0 aliphatic rings. The molecule has 2 aromatic carbocycles. The third-order valence-electron chi connectivity index (χ3n) is 4.75. The number of fused-ring (bicyclic) bond motifs is 1. The summed E-state index contributed by atoms with van der Waals surface area (Å²) in [7, 11) is 0. The molecular formula is C22H20N4O3. The first-order valence-electron chi connectivity index (χ1n) is 9.38. The van der Waals surface area contributed by atoms with E-state index in [1.807, 2.05) is 67.6 Å². The summed E-state index contributed by atoms with van der Waals surface area (Å²) in [5.74, 6) is -0.143. The van der Waals surface area contributed by atoms with Crippen LogP contribution in [-0.2, 0) is 11.3 Å². The van der Waals surface area contributed by atoms with E-state index in [1.54, 1.807) is 0 Å². The number of aryl methyl sites for hydroxylation is 1. The third-order valence-corrected chi connectivity index (χ3v) is 4.75. The highest BCUT2D eigenvalue weighted by Crippen LogP contribution is 2.23. The quantitative estimate of drug-likeness (QED) is 0.547. The van der Waals surface area contributed by atoms with Crippen LogP contribution in [0, 0.1) is 0 Å². The normalized spacial score (nSPS) is 12.0. The van der Waals surface area contributed by atoms with Gasteiger partial charge < -0.3 is 9.84 Å². The van der Waals surface area contributed by atoms with E-state index in [4.69, 9.17) is 4.52 Å². The first-order chi connectivity index (χ1) is 14.1. The predicted octanol–water partition coefficient (Wildman–Crippen LogP) is 3.32. The van der Waals surface area contributed by atoms with E-state index in [-0.39, 0.29) is 36.1 Å². The maximum absolute atomic E-state index is 12.7. The van der Waals surface area contributed by atoms with Crippen molar-refractivity contribution in [3.63, 3.8) is 0 Å². The molecule has 29 heavy (non-hydrogen) atoms. The van der Waals surface area contributed by atoms with Gasteiger partial charge in [-0.1, -0.05) is 65.8 Å². The Hall–Kier alpha value is -3.74. The number of aromatic nitrogens is 3. The van der Waals surface area contributed by atoms with Crippen LogP contribution in [-0.4, -0.2) is 20.6 Å². The molecule has 0 saturated heterocycles. The molecule has 0 spiro atoms. The van der Waals surface area contributed by atoms with Crippen molar-refractivity contribution in [2.75, 3.05) is 0 Å². The van der Waals surface area contributed by atoms with E-state index in [0.29, 0.717) is 11.2 Å². The number of amides is 1. The molecule has 1 unspecified atom stereocenters. The minimum Gasteiger partial charge on any atom is -0.350 e. The number of hydrogen-bond acceptors (Lipinski definition) is 5. The molecule has 2 heterocycles. The number of carbonyl (C=O) groups is 1. The summed E-state index contributed by atoms with van der Waals surface area (Å²) >= 11 is 0. The Kier molecular flexibility index (Phi) is 5.20. The first kappa shape index (κ1) is 18.6. The number of nitrogens with zero attached hydrogens (tertiary/aromatic N) is 3. The standard InChI is InChI=1S/C22H20N4O3/c1-15(16-8-4-2-5-9-16)24-18(27)12-13-26-14-23-20-19(17-10-6-3-7-11-17)25-29-21(20)22(26)28/h2-11,14-15H,12-13H2,1H3,(H,24,27). The third kappa shape index (κ3) is 3.94. The fraction of sp³-hybridized carbons (Fsp3) is 0.182. The Balaban J connectivity index is 1.47. The van der Waals surface area contributed by atoms with Gasteiger partial charge in [0.1, 0.15) is 11.2 Å². The SMILES string of the molecule is CC(NC(=O)CCn1cnc2c(-c3ccccc3)noc2c1=O)c1ccccc1. The van der Waals surface area contributed by atoms with E-state index < -0.39 is 0 Å². The van der Waals surface area contributed by atoms with Crippen molar-refractivity contribution >= 4 is 17.0 Å². The zero-order valence-electron chi connectivity index (χ0n) is 15.9. The van der Waals surface area contributed by atoms with Gasteiger partial charge in [0.25, 0.3) is 11.1 Å². The van der Waals surface area contributed by atoms with Crippen LogP contribution in [0.4, 0.5) is 0 Å². The number of hydrogen-bond donors (Lipinski definition) is 1. The molecule has 1 atom stereocenters. The van der Waals surface area contributed by atoms with Gasteiger partial charge in [0.15, 0.2) is 0 Å². The van der Waals surface area contributed by atoms with Crippen LogP contribution in [0.15, 0.2) is 76.3 Å². The van der Waals surface area contributed by atoms with Crippen LogP contribution in [0.2, 0.25) is 0 Å². The molecule has 1 N–H and O–H groups in total. The monoisotopic (exact) mass is 388 g/mol. The molecule has 0 bridgehead atoms. The summed E-state index contributed by atoms with van der Waals surface area (Å²) in [6.07, 6.45) is 1.59. The van der Waals surface area contributed by atoms with E-state index in [9.17, 15) is 9.59 Å². The second-order valence-electron chi connectivity index (χ2n) is 6.77. The van der Waals surface area contributed by atoms with Gasteiger partial charge in [0.05, 0.1) is 12.4 Å². The minimum atomic E-state index is -0.353. The molecule has 4 rings (SSSR count). The topological polar surface area (TPSA) is 90.0 Å². The van der Waals surface area contributed by atoms with Gasteiger partial charge in [-0.2, -0.15) is 0 Å². The molecule has 2 aromatic heterocycles. The van der Waals surface area contributed by atoms with Crippen molar-refractivity contribution in [1.82, 2.24) is 20.0 Å². The Morgan fingerprint density at radius 1 is 1.10 bits per heavy atom. The zero-order chi connectivity index (χ0) is 20.2. The molecule has 0 fully saturated rings. The van der Waals surface area contributed by atoms with E-state index in [2.05, 4.69) is 15.5 Å². The fourth-order valence-electron chi connectivity index (χ4n) is 3.16. The van der Waals surface area contributed by atoms with Crippen LogP contribution in [0.3, 0.4) is 0 Å². The summed E-state index contributed by atoms with van der Waals surface area (Å²) in [5, 5.41) is 6.94. The summed E-state index contributed by atoms with van der Waals surface area (Å²) in [4.78, 5) is 29.3. The second-order valence-corrected chi connectivity index (χ2v) is 6.77. The van der Waals surface area contributed by atoms with Crippen molar-refractivity contribution in [2.45, 2.75) is 25.9 Å². The van der Waals surface area contributed by atoms with Gasteiger partial charge in [-0.15, -0.1) is 0 Å². The molecule has 1 amide bonds. The smallest absolute Gasteiger partial charge is 0.299 e.